The van der Waals surface area contributed by atoms with Crippen LogP contribution in [0.1, 0.15) is 36.8 Å². The average Bonchev–Trinajstić information content (AvgIpc) is 3.24. The van der Waals surface area contributed by atoms with Gasteiger partial charge in [0.05, 0.1) is 13.0 Å². The van der Waals surface area contributed by atoms with Crippen LogP contribution < -0.4 is 5.32 Å². The van der Waals surface area contributed by atoms with Crippen molar-refractivity contribution >= 4 is 41.0 Å². The highest BCUT2D eigenvalue weighted by Gasteiger charge is 2.22. The van der Waals surface area contributed by atoms with Gasteiger partial charge in [0.1, 0.15) is 17.5 Å². The maximum Gasteiger partial charge on any atom is 0.412 e. The lowest BCUT2D eigenvalue weighted by Gasteiger charge is -2.16. The fourth-order valence-electron chi connectivity index (χ4n) is 3.97. The van der Waals surface area contributed by atoms with E-state index in [9.17, 15) is 9.59 Å². The van der Waals surface area contributed by atoms with Gasteiger partial charge in [-0.15, -0.1) is 0 Å². The first-order valence-corrected chi connectivity index (χ1v) is 12.8. The van der Waals surface area contributed by atoms with Crippen LogP contribution in [0.2, 0.25) is 10.0 Å². The van der Waals surface area contributed by atoms with Gasteiger partial charge >= 0.3 is 12.1 Å². The number of rotatable bonds is 8. The molecule has 4 rings (SSSR count). The number of hydrogen-bond acceptors (Lipinski definition) is 6. The molecule has 0 aliphatic carbocycles. The minimum absolute atomic E-state index is 0.236. The molecule has 0 aliphatic heterocycles. The molecule has 3 aromatic carbocycles. The summed E-state index contributed by atoms with van der Waals surface area (Å²) in [6.07, 6.45) is -1.14. The van der Waals surface area contributed by atoms with Gasteiger partial charge in [-0.25, -0.2) is 4.79 Å². The number of carbonyl (C=O) groups excluding carboxylic acids is 2. The van der Waals surface area contributed by atoms with Crippen molar-refractivity contribution in [2.45, 2.75) is 33.3 Å². The third kappa shape index (κ3) is 6.36. The Balaban J connectivity index is 1.46. The predicted molar refractivity (Wildman–Crippen MR) is 147 cm³/mol. The third-order valence-electron chi connectivity index (χ3n) is 5.87. The molecule has 1 unspecified atom stereocenters. The largest absolute Gasteiger partial charge is 0.466 e. The van der Waals surface area contributed by atoms with Crippen LogP contribution in [0.4, 0.5) is 10.5 Å². The van der Waals surface area contributed by atoms with E-state index < -0.39 is 12.2 Å². The number of ether oxygens (including phenoxy) is 2. The molecule has 38 heavy (non-hydrogen) atoms. The molecule has 1 amide bonds. The highest BCUT2D eigenvalue weighted by Crippen LogP contribution is 2.35. The number of amides is 1. The van der Waals surface area contributed by atoms with E-state index in [-0.39, 0.29) is 12.4 Å². The Bertz CT molecular complexity index is 1410. The monoisotopic (exact) mass is 552 g/mol. The fourth-order valence-corrected chi connectivity index (χ4v) is 4.68. The van der Waals surface area contributed by atoms with Crippen molar-refractivity contribution in [1.82, 2.24) is 5.16 Å². The van der Waals surface area contributed by atoms with Crippen molar-refractivity contribution in [2.75, 3.05) is 11.9 Å². The van der Waals surface area contributed by atoms with Crippen LogP contribution in [0, 0.1) is 6.92 Å². The van der Waals surface area contributed by atoms with E-state index in [0.29, 0.717) is 39.4 Å². The molecule has 7 nitrogen and oxygen atoms in total. The summed E-state index contributed by atoms with van der Waals surface area (Å²) >= 11 is 12.5. The van der Waals surface area contributed by atoms with E-state index in [0.717, 1.165) is 22.3 Å². The first kappa shape index (κ1) is 27.2. The molecule has 9 heteroatoms. The summed E-state index contributed by atoms with van der Waals surface area (Å²) in [6, 6.07) is 20.5. The number of carbonyl (C=O) groups is 2. The maximum absolute atomic E-state index is 12.7. The number of anilines is 1. The lowest BCUT2D eigenvalue weighted by molar-refractivity contribution is -0.142. The molecule has 0 saturated carbocycles. The van der Waals surface area contributed by atoms with Crippen molar-refractivity contribution in [3.63, 3.8) is 0 Å². The Morgan fingerprint density at radius 1 is 0.947 bits per heavy atom. The van der Waals surface area contributed by atoms with E-state index >= 15 is 0 Å². The first-order chi connectivity index (χ1) is 18.3. The van der Waals surface area contributed by atoms with Crippen molar-refractivity contribution in [3.8, 4) is 22.5 Å². The molecular formula is C29H26Cl2N2O5. The second-order valence-electron chi connectivity index (χ2n) is 8.54. The van der Waals surface area contributed by atoms with Gasteiger partial charge in [0, 0.05) is 21.2 Å². The summed E-state index contributed by atoms with van der Waals surface area (Å²) in [6.45, 7) is 5.57. The molecule has 0 radical (unpaired) electrons. The van der Waals surface area contributed by atoms with Gasteiger partial charge in [-0.3, -0.25) is 10.1 Å². The van der Waals surface area contributed by atoms with Crippen molar-refractivity contribution < 1.29 is 23.6 Å². The van der Waals surface area contributed by atoms with Crippen molar-refractivity contribution in [1.29, 1.82) is 0 Å². The number of nitrogens with one attached hydrogen (secondary N) is 1. The SMILES string of the molecule is CCOC(=O)Cc1ccc(-c2ccc(-c3onc(C)c3NC(=O)OC(C)c3c(Cl)cccc3Cl)cc2)cc1. The summed E-state index contributed by atoms with van der Waals surface area (Å²) in [5.74, 6) is 0.154. The minimum atomic E-state index is -0.694. The molecule has 1 heterocycles. The van der Waals surface area contributed by atoms with Gasteiger partial charge in [0.15, 0.2) is 5.76 Å². The third-order valence-corrected chi connectivity index (χ3v) is 6.53. The van der Waals surface area contributed by atoms with Gasteiger partial charge in [-0.1, -0.05) is 83.0 Å². The Morgan fingerprint density at radius 2 is 1.53 bits per heavy atom. The normalized spacial score (nSPS) is 11.6. The molecule has 1 atom stereocenters. The van der Waals surface area contributed by atoms with Gasteiger partial charge in [0.2, 0.25) is 0 Å². The summed E-state index contributed by atoms with van der Waals surface area (Å²) in [5.41, 5.74) is 5.02. The lowest BCUT2D eigenvalue weighted by Crippen LogP contribution is -2.17. The molecule has 4 aromatic rings. The molecule has 1 N–H and O–H groups in total. The zero-order valence-electron chi connectivity index (χ0n) is 21.1. The first-order valence-electron chi connectivity index (χ1n) is 12.0. The van der Waals surface area contributed by atoms with Crippen LogP contribution in [0.3, 0.4) is 0 Å². The van der Waals surface area contributed by atoms with E-state index in [4.69, 9.17) is 37.2 Å². The summed E-state index contributed by atoms with van der Waals surface area (Å²) in [7, 11) is 0. The average molecular weight is 553 g/mol. The number of aryl methyl sites for hydroxylation is 1. The lowest BCUT2D eigenvalue weighted by atomic mass is 10.0. The van der Waals surface area contributed by atoms with E-state index in [1.807, 2.05) is 48.5 Å². The fraction of sp³-hybridized carbons (Fsp3) is 0.207. The second-order valence-corrected chi connectivity index (χ2v) is 9.35. The van der Waals surface area contributed by atoms with E-state index in [1.165, 1.54) is 0 Å². The van der Waals surface area contributed by atoms with Crippen LogP contribution in [0.15, 0.2) is 71.3 Å². The predicted octanol–water partition coefficient (Wildman–Crippen LogP) is 8.04. The Labute approximate surface area is 230 Å². The molecule has 0 saturated heterocycles. The topological polar surface area (TPSA) is 90.7 Å². The van der Waals surface area contributed by atoms with Crippen LogP contribution in [0.5, 0.6) is 0 Å². The van der Waals surface area contributed by atoms with Crippen molar-refractivity contribution in [2.24, 2.45) is 0 Å². The molecule has 0 fully saturated rings. The Kier molecular flexibility index (Phi) is 8.71. The molecule has 0 spiro atoms. The quantitative estimate of drug-likeness (QED) is 0.222. The molecule has 0 aliphatic rings. The summed E-state index contributed by atoms with van der Waals surface area (Å²) < 4.78 is 16.0. The molecular weight excluding hydrogens is 527 g/mol. The van der Waals surface area contributed by atoms with Gasteiger partial charge in [-0.2, -0.15) is 0 Å². The number of benzene rings is 3. The minimum Gasteiger partial charge on any atom is -0.466 e. The van der Waals surface area contributed by atoms with Crippen LogP contribution in [-0.2, 0) is 20.7 Å². The van der Waals surface area contributed by atoms with Gasteiger partial charge in [-0.05, 0) is 49.6 Å². The number of halogens is 2. The second kappa shape index (κ2) is 12.2. The highest BCUT2D eigenvalue weighted by molar-refractivity contribution is 6.36. The van der Waals surface area contributed by atoms with Crippen LogP contribution in [-0.4, -0.2) is 23.8 Å². The Morgan fingerprint density at radius 3 is 2.13 bits per heavy atom. The zero-order valence-corrected chi connectivity index (χ0v) is 22.6. The Hall–Kier alpha value is -3.81. The van der Waals surface area contributed by atoms with Crippen LogP contribution >= 0.6 is 23.2 Å². The van der Waals surface area contributed by atoms with Crippen LogP contribution in [0.25, 0.3) is 22.5 Å². The van der Waals surface area contributed by atoms with Crippen molar-refractivity contribution in [3.05, 3.63) is 93.6 Å². The number of esters is 1. The number of aromatic nitrogens is 1. The standard InChI is InChI=1S/C29H26Cl2N2O5/c1-4-36-25(34)16-19-8-10-20(11-9-19)21-12-14-22(15-13-21)28-27(17(2)33-38-28)32-29(35)37-18(3)26-23(30)6-5-7-24(26)31/h5-15,18H,4,16H2,1-3H3,(H,32,35). The summed E-state index contributed by atoms with van der Waals surface area (Å²) in [5, 5.41) is 7.57. The smallest absolute Gasteiger partial charge is 0.412 e. The van der Waals surface area contributed by atoms with E-state index in [1.54, 1.807) is 39.0 Å². The van der Waals surface area contributed by atoms with Gasteiger partial charge in [0.25, 0.3) is 0 Å². The van der Waals surface area contributed by atoms with Gasteiger partial charge < -0.3 is 14.0 Å². The maximum atomic E-state index is 12.7. The van der Waals surface area contributed by atoms with E-state index in [2.05, 4.69) is 10.5 Å². The molecule has 196 valence electrons. The number of hydrogen-bond donors (Lipinski definition) is 1. The highest BCUT2D eigenvalue weighted by atomic mass is 35.5. The molecule has 0 bridgehead atoms. The zero-order chi connectivity index (χ0) is 27.2. The summed E-state index contributed by atoms with van der Waals surface area (Å²) in [4.78, 5) is 24.4. The number of nitrogens with zero attached hydrogens (tertiary/aromatic N) is 1. The molecule has 1 aromatic heterocycles.